The number of hydrogen-bond acceptors (Lipinski definition) is 7. The van der Waals surface area contributed by atoms with Crippen molar-refractivity contribution in [3.8, 4) is 11.3 Å². The molecule has 1 N–H and O–H groups in total. The normalized spacial score (nSPS) is 11.9. The number of hydrogen-bond donors (Lipinski definition) is 1. The number of pyridine rings is 2. The van der Waals surface area contributed by atoms with Crippen molar-refractivity contribution < 1.29 is 18.0 Å². The largest absolute Gasteiger partial charge is 0.433 e. The lowest BCUT2D eigenvalue weighted by Gasteiger charge is -2.18. The minimum absolute atomic E-state index is 0.0367. The second-order valence-corrected chi connectivity index (χ2v) is 7.57. The fourth-order valence-corrected chi connectivity index (χ4v) is 3.16. The van der Waals surface area contributed by atoms with Gasteiger partial charge in [0.15, 0.2) is 0 Å². The fraction of sp³-hybridized carbons (Fsp3) is 0.304. The van der Waals surface area contributed by atoms with Gasteiger partial charge in [-0.3, -0.25) is 24.8 Å². The van der Waals surface area contributed by atoms with E-state index in [9.17, 15) is 18.0 Å². The number of likely N-dealkylation sites (N-methyl/N-ethyl adjacent to an activating group) is 1. The fourth-order valence-electron chi connectivity index (χ4n) is 3.16. The number of alkyl halides is 3. The van der Waals surface area contributed by atoms with Gasteiger partial charge in [0, 0.05) is 49.0 Å². The van der Waals surface area contributed by atoms with Crippen LogP contribution in [0.3, 0.4) is 0 Å². The van der Waals surface area contributed by atoms with Crippen LogP contribution in [-0.4, -0.2) is 49.7 Å². The number of anilines is 1. The van der Waals surface area contributed by atoms with Crippen LogP contribution in [0.2, 0.25) is 0 Å². The molecule has 0 saturated heterocycles. The Kier molecular flexibility index (Phi) is 7.87. The molecule has 3 rings (SSSR count). The zero-order valence-corrected chi connectivity index (χ0v) is 19.0. The molecule has 1 amide bonds. The maximum Gasteiger partial charge on any atom is 0.433 e. The van der Waals surface area contributed by atoms with Crippen molar-refractivity contribution in [2.24, 2.45) is 5.10 Å². The molecule has 0 radical (unpaired) electrons. The third-order valence-corrected chi connectivity index (χ3v) is 4.77. The van der Waals surface area contributed by atoms with Gasteiger partial charge in [0.05, 0.1) is 11.9 Å². The number of nitrogens with one attached hydrogen (secondary N) is 1. The highest BCUT2D eigenvalue weighted by atomic mass is 19.4. The summed E-state index contributed by atoms with van der Waals surface area (Å²) in [5, 5.41) is 8.70. The van der Waals surface area contributed by atoms with Gasteiger partial charge in [0.25, 0.3) is 0 Å². The summed E-state index contributed by atoms with van der Waals surface area (Å²) < 4.78 is 38.6. The standard InChI is InChI=1S/C23H24F3N7O/c1-4-33(32-16(3)10-17-5-6-29-20(11-17)23(24,25)26)14-21(34)31-22-15(2)9-18(12-30-22)19-13-27-7-8-28-19/h5-9,11-13H,4,10,14H2,1-3H3,(H,30,31,34)/b32-16-. The van der Waals surface area contributed by atoms with Gasteiger partial charge >= 0.3 is 6.18 Å². The Hall–Kier alpha value is -3.89. The van der Waals surface area contributed by atoms with E-state index in [0.29, 0.717) is 29.3 Å². The quantitative estimate of drug-likeness (QED) is 0.392. The molecule has 0 fully saturated rings. The van der Waals surface area contributed by atoms with Crippen molar-refractivity contribution in [3.63, 3.8) is 0 Å². The summed E-state index contributed by atoms with van der Waals surface area (Å²) in [6.45, 7) is 5.76. The molecule has 178 valence electrons. The summed E-state index contributed by atoms with van der Waals surface area (Å²) in [6, 6.07) is 4.37. The Morgan fingerprint density at radius 3 is 2.56 bits per heavy atom. The molecule has 3 heterocycles. The first-order valence-corrected chi connectivity index (χ1v) is 10.5. The van der Waals surface area contributed by atoms with Crippen molar-refractivity contribution in [2.45, 2.75) is 33.4 Å². The first kappa shape index (κ1) is 24.7. The first-order chi connectivity index (χ1) is 16.2. The van der Waals surface area contributed by atoms with E-state index in [0.717, 1.165) is 23.4 Å². The SMILES string of the molecule is CCN(CC(=O)Nc1ncc(-c2cnccn2)cc1C)/N=C(/C)Cc1ccnc(C(F)(F)F)c1. The number of aromatic nitrogens is 4. The third kappa shape index (κ3) is 6.80. The molecule has 0 aliphatic carbocycles. The molecule has 0 bridgehead atoms. The number of nitrogens with zero attached hydrogens (tertiary/aromatic N) is 6. The lowest BCUT2D eigenvalue weighted by atomic mass is 10.1. The van der Waals surface area contributed by atoms with Crippen LogP contribution >= 0.6 is 0 Å². The molecule has 0 saturated carbocycles. The Morgan fingerprint density at radius 2 is 1.91 bits per heavy atom. The topological polar surface area (TPSA) is 96.3 Å². The van der Waals surface area contributed by atoms with E-state index in [1.54, 1.807) is 36.7 Å². The highest BCUT2D eigenvalue weighted by Gasteiger charge is 2.32. The summed E-state index contributed by atoms with van der Waals surface area (Å²) in [5.74, 6) is 0.107. The minimum atomic E-state index is -4.51. The zero-order valence-electron chi connectivity index (χ0n) is 19.0. The summed E-state index contributed by atoms with van der Waals surface area (Å²) in [6.07, 6.45) is 3.23. The van der Waals surface area contributed by atoms with Crippen LogP contribution in [0.15, 0.2) is 54.3 Å². The van der Waals surface area contributed by atoms with E-state index in [2.05, 4.69) is 30.4 Å². The first-order valence-electron chi connectivity index (χ1n) is 10.5. The van der Waals surface area contributed by atoms with Crippen LogP contribution in [0.1, 0.15) is 30.7 Å². The summed E-state index contributed by atoms with van der Waals surface area (Å²) >= 11 is 0. The molecule has 3 aromatic heterocycles. The molecular formula is C23H24F3N7O. The van der Waals surface area contributed by atoms with E-state index in [4.69, 9.17) is 0 Å². The summed E-state index contributed by atoms with van der Waals surface area (Å²) in [7, 11) is 0. The van der Waals surface area contributed by atoms with Gasteiger partial charge in [-0.15, -0.1) is 0 Å². The van der Waals surface area contributed by atoms with E-state index in [1.165, 1.54) is 6.07 Å². The Bertz CT molecular complexity index is 1170. The number of hydrazone groups is 1. The van der Waals surface area contributed by atoms with Crippen LogP contribution in [0.5, 0.6) is 0 Å². The number of carbonyl (C=O) groups is 1. The third-order valence-electron chi connectivity index (χ3n) is 4.77. The average Bonchev–Trinajstić information content (AvgIpc) is 2.80. The molecule has 34 heavy (non-hydrogen) atoms. The monoisotopic (exact) mass is 471 g/mol. The number of carbonyl (C=O) groups excluding carboxylic acids is 1. The van der Waals surface area contributed by atoms with Crippen LogP contribution in [0.25, 0.3) is 11.3 Å². The molecule has 0 spiro atoms. The van der Waals surface area contributed by atoms with Gasteiger partial charge in [-0.2, -0.15) is 18.3 Å². The van der Waals surface area contributed by atoms with Gasteiger partial charge < -0.3 is 5.32 Å². The van der Waals surface area contributed by atoms with Gasteiger partial charge in [-0.05, 0) is 50.1 Å². The van der Waals surface area contributed by atoms with Gasteiger partial charge in [-0.1, -0.05) is 0 Å². The zero-order chi connectivity index (χ0) is 24.7. The van der Waals surface area contributed by atoms with Crippen LogP contribution in [-0.2, 0) is 17.4 Å². The number of rotatable bonds is 8. The van der Waals surface area contributed by atoms with E-state index in [-0.39, 0.29) is 18.9 Å². The van der Waals surface area contributed by atoms with Crippen molar-refractivity contribution >= 4 is 17.4 Å². The number of amides is 1. The van der Waals surface area contributed by atoms with Crippen LogP contribution < -0.4 is 5.32 Å². The van der Waals surface area contributed by atoms with Gasteiger partial charge in [-0.25, -0.2) is 4.98 Å². The second-order valence-electron chi connectivity index (χ2n) is 7.57. The van der Waals surface area contributed by atoms with Crippen molar-refractivity contribution in [1.29, 1.82) is 0 Å². The van der Waals surface area contributed by atoms with Crippen molar-refractivity contribution in [3.05, 3.63) is 66.0 Å². The maximum atomic E-state index is 12.9. The van der Waals surface area contributed by atoms with Crippen molar-refractivity contribution in [2.75, 3.05) is 18.4 Å². The van der Waals surface area contributed by atoms with E-state index >= 15 is 0 Å². The molecule has 0 aromatic carbocycles. The Morgan fingerprint density at radius 1 is 1.12 bits per heavy atom. The Labute approximate surface area is 195 Å². The number of aryl methyl sites for hydroxylation is 1. The van der Waals surface area contributed by atoms with E-state index < -0.39 is 11.9 Å². The molecule has 3 aromatic rings. The molecule has 0 aliphatic rings. The molecule has 8 nitrogen and oxygen atoms in total. The van der Waals surface area contributed by atoms with Gasteiger partial charge in [0.2, 0.25) is 5.91 Å². The summed E-state index contributed by atoms with van der Waals surface area (Å²) in [5.41, 5.74) is 2.28. The summed E-state index contributed by atoms with van der Waals surface area (Å²) in [4.78, 5) is 28.5. The molecule has 0 aliphatic heterocycles. The highest BCUT2D eigenvalue weighted by Crippen LogP contribution is 2.27. The van der Waals surface area contributed by atoms with Gasteiger partial charge in [0.1, 0.15) is 18.1 Å². The molecule has 0 unspecified atom stereocenters. The molecule has 11 heteroatoms. The highest BCUT2D eigenvalue weighted by molar-refractivity contribution is 5.92. The minimum Gasteiger partial charge on any atom is -0.309 e. The van der Waals surface area contributed by atoms with Crippen molar-refractivity contribution in [1.82, 2.24) is 24.9 Å². The lowest BCUT2D eigenvalue weighted by Crippen LogP contribution is -2.30. The maximum absolute atomic E-state index is 12.9. The second kappa shape index (κ2) is 10.8. The Balaban J connectivity index is 1.63. The van der Waals surface area contributed by atoms with Crippen LogP contribution in [0, 0.1) is 6.92 Å². The number of halogens is 3. The molecular weight excluding hydrogens is 447 g/mol. The van der Waals surface area contributed by atoms with Crippen LogP contribution in [0.4, 0.5) is 19.0 Å². The predicted octanol–water partition coefficient (Wildman–Crippen LogP) is 4.14. The lowest BCUT2D eigenvalue weighted by molar-refractivity contribution is -0.141. The average molecular weight is 471 g/mol. The smallest absolute Gasteiger partial charge is 0.309 e. The van der Waals surface area contributed by atoms with E-state index in [1.807, 2.05) is 19.9 Å². The molecule has 0 atom stereocenters. The predicted molar refractivity (Wildman–Crippen MR) is 122 cm³/mol.